The smallest absolute Gasteiger partial charge is 0.338 e. The van der Waals surface area contributed by atoms with Gasteiger partial charge in [0.25, 0.3) is 5.91 Å². The third-order valence-corrected chi connectivity index (χ3v) is 5.31. The lowest BCUT2D eigenvalue weighted by Gasteiger charge is -2.34. The van der Waals surface area contributed by atoms with E-state index in [0.29, 0.717) is 31.2 Å². The number of halogens is 1. The summed E-state index contributed by atoms with van der Waals surface area (Å²) in [5.74, 6) is -0.979. The third-order valence-electron chi connectivity index (χ3n) is 5.06. The molecule has 1 fully saturated rings. The fourth-order valence-corrected chi connectivity index (χ4v) is 3.48. The number of hydrogen-bond acceptors (Lipinski definition) is 7. The van der Waals surface area contributed by atoms with Crippen LogP contribution in [0.3, 0.4) is 0 Å². The highest BCUT2D eigenvalue weighted by atomic mass is 35.5. The highest BCUT2D eigenvalue weighted by Gasteiger charge is 2.24. The van der Waals surface area contributed by atoms with Crippen molar-refractivity contribution in [2.24, 2.45) is 0 Å². The number of carbonyl (C=O) groups is 2. The zero-order valence-electron chi connectivity index (χ0n) is 17.7. The molecule has 1 saturated heterocycles. The summed E-state index contributed by atoms with van der Waals surface area (Å²) in [5.41, 5.74) is 0.807. The second-order valence-electron chi connectivity index (χ2n) is 7.23. The number of rotatable bonds is 8. The molecule has 170 valence electrons. The quantitative estimate of drug-likeness (QED) is 0.338. The Balaban J connectivity index is 1.53. The van der Waals surface area contributed by atoms with Gasteiger partial charge in [0.2, 0.25) is 0 Å². The third kappa shape index (κ3) is 6.18. The summed E-state index contributed by atoms with van der Waals surface area (Å²) in [4.78, 5) is 39.0. The second kappa shape index (κ2) is 10.9. The Morgan fingerprint density at radius 1 is 1.09 bits per heavy atom. The monoisotopic (exact) mass is 461 g/mol. The molecule has 10 heteroatoms. The molecule has 0 radical (unpaired) electrons. The molecule has 32 heavy (non-hydrogen) atoms. The minimum Gasteiger partial charge on any atom is -0.477 e. The van der Waals surface area contributed by atoms with Crippen molar-refractivity contribution in [2.75, 3.05) is 39.4 Å². The van der Waals surface area contributed by atoms with E-state index in [1.165, 1.54) is 12.1 Å². The lowest BCUT2D eigenvalue weighted by atomic mass is 10.2. The molecule has 1 aliphatic heterocycles. The van der Waals surface area contributed by atoms with Gasteiger partial charge >= 0.3 is 11.7 Å². The normalized spacial score (nSPS) is 14.1. The van der Waals surface area contributed by atoms with Gasteiger partial charge in [-0.1, -0.05) is 23.7 Å². The van der Waals surface area contributed by atoms with E-state index in [1.54, 1.807) is 11.8 Å². The van der Waals surface area contributed by atoms with Crippen LogP contribution in [0.4, 0.5) is 5.69 Å². The molecule has 0 unspecified atom stereocenters. The molecule has 0 saturated carbocycles. The molecular formula is C22H24ClN3O6. The van der Waals surface area contributed by atoms with Crippen LogP contribution >= 0.6 is 11.6 Å². The first kappa shape index (κ1) is 23.5. The maximum absolute atomic E-state index is 12.5. The van der Waals surface area contributed by atoms with E-state index < -0.39 is 16.6 Å². The van der Waals surface area contributed by atoms with Crippen LogP contribution in [0.5, 0.6) is 5.75 Å². The van der Waals surface area contributed by atoms with E-state index in [0.717, 1.165) is 18.2 Å². The van der Waals surface area contributed by atoms with E-state index in [1.807, 2.05) is 24.3 Å². The van der Waals surface area contributed by atoms with Gasteiger partial charge < -0.3 is 14.4 Å². The number of piperazine rings is 1. The molecular weight excluding hydrogens is 438 g/mol. The number of benzene rings is 2. The van der Waals surface area contributed by atoms with E-state index in [2.05, 4.69) is 4.90 Å². The highest BCUT2D eigenvalue weighted by Crippen LogP contribution is 2.28. The van der Waals surface area contributed by atoms with Gasteiger partial charge in [0.15, 0.2) is 12.4 Å². The van der Waals surface area contributed by atoms with Gasteiger partial charge in [0.1, 0.15) is 0 Å². The van der Waals surface area contributed by atoms with Crippen LogP contribution in [0.15, 0.2) is 42.5 Å². The standard InChI is InChI=1S/C22H24ClN3O6/c1-2-31-22(28)17-5-8-20(19(13-17)26(29)30)32-15-21(27)25-11-9-24(10-12-25)14-16-3-6-18(23)7-4-16/h3-8,13H,2,9-12,14-15H2,1H3. The molecule has 3 rings (SSSR count). The Labute approximate surface area is 190 Å². The molecule has 0 spiro atoms. The van der Waals surface area contributed by atoms with E-state index in [9.17, 15) is 19.7 Å². The number of ether oxygens (including phenoxy) is 2. The van der Waals surface area contributed by atoms with Crippen molar-refractivity contribution in [3.63, 3.8) is 0 Å². The summed E-state index contributed by atoms with van der Waals surface area (Å²) in [6.07, 6.45) is 0. The van der Waals surface area contributed by atoms with Crippen LogP contribution < -0.4 is 4.74 Å². The summed E-state index contributed by atoms with van der Waals surface area (Å²) in [5, 5.41) is 12.1. The molecule has 1 aliphatic rings. The first-order valence-electron chi connectivity index (χ1n) is 10.2. The Hall–Kier alpha value is -3.17. The van der Waals surface area contributed by atoms with Crippen LogP contribution in [-0.4, -0.2) is 66.0 Å². The Kier molecular flexibility index (Phi) is 8.02. The second-order valence-corrected chi connectivity index (χ2v) is 7.67. The molecule has 1 amide bonds. The summed E-state index contributed by atoms with van der Waals surface area (Å²) in [7, 11) is 0. The number of amides is 1. The molecule has 9 nitrogen and oxygen atoms in total. The van der Waals surface area contributed by atoms with Gasteiger partial charge in [-0.15, -0.1) is 0 Å². The fraction of sp³-hybridized carbons (Fsp3) is 0.364. The predicted octanol–water partition coefficient (Wildman–Crippen LogP) is 3.15. The summed E-state index contributed by atoms with van der Waals surface area (Å²) in [6, 6.07) is 11.4. The number of carbonyl (C=O) groups excluding carboxylic acids is 2. The van der Waals surface area contributed by atoms with Gasteiger partial charge in [-0.25, -0.2) is 4.79 Å². The lowest BCUT2D eigenvalue weighted by Crippen LogP contribution is -2.49. The first-order chi connectivity index (χ1) is 15.4. The van der Waals surface area contributed by atoms with Crippen LogP contribution in [0.25, 0.3) is 0 Å². The van der Waals surface area contributed by atoms with Crippen molar-refractivity contribution in [3.8, 4) is 5.75 Å². The lowest BCUT2D eigenvalue weighted by molar-refractivity contribution is -0.385. The number of nitro groups is 1. The Morgan fingerprint density at radius 2 is 1.78 bits per heavy atom. The van der Waals surface area contributed by atoms with E-state index >= 15 is 0 Å². The van der Waals surface area contributed by atoms with Crippen LogP contribution in [0.2, 0.25) is 5.02 Å². The van der Waals surface area contributed by atoms with Gasteiger partial charge in [-0.3, -0.25) is 19.8 Å². The van der Waals surface area contributed by atoms with Crippen molar-refractivity contribution < 1.29 is 24.0 Å². The number of hydrogen-bond donors (Lipinski definition) is 0. The summed E-state index contributed by atoms with van der Waals surface area (Å²) < 4.78 is 10.3. The molecule has 0 bridgehead atoms. The van der Waals surface area contributed by atoms with Crippen molar-refractivity contribution in [1.29, 1.82) is 0 Å². The van der Waals surface area contributed by atoms with Crippen molar-refractivity contribution >= 4 is 29.2 Å². The molecule has 0 N–H and O–H groups in total. The van der Waals surface area contributed by atoms with Gasteiger partial charge in [0.05, 0.1) is 17.1 Å². The van der Waals surface area contributed by atoms with Gasteiger partial charge in [0, 0.05) is 43.8 Å². The summed E-state index contributed by atoms with van der Waals surface area (Å²) >= 11 is 5.92. The largest absolute Gasteiger partial charge is 0.477 e. The maximum Gasteiger partial charge on any atom is 0.338 e. The zero-order chi connectivity index (χ0) is 23.1. The predicted molar refractivity (Wildman–Crippen MR) is 118 cm³/mol. The maximum atomic E-state index is 12.5. The first-order valence-corrected chi connectivity index (χ1v) is 10.6. The zero-order valence-corrected chi connectivity index (χ0v) is 18.4. The number of esters is 1. The number of nitrogens with zero attached hydrogens (tertiary/aromatic N) is 3. The topological polar surface area (TPSA) is 102 Å². The minimum atomic E-state index is -0.658. The number of nitro benzene ring substituents is 1. The fourth-order valence-electron chi connectivity index (χ4n) is 3.36. The average molecular weight is 462 g/mol. The van der Waals surface area contributed by atoms with E-state index in [-0.39, 0.29) is 30.4 Å². The SMILES string of the molecule is CCOC(=O)c1ccc(OCC(=O)N2CCN(Cc3ccc(Cl)cc3)CC2)c([N+](=O)[O-])c1. The molecule has 2 aromatic rings. The molecule has 1 heterocycles. The summed E-state index contributed by atoms with van der Waals surface area (Å²) in [6.45, 7) is 4.76. The Bertz CT molecular complexity index is 974. The van der Waals surface area contributed by atoms with Crippen LogP contribution in [-0.2, 0) is 16.1 Å². The molecule has 0 atom stereocenters. The van der Waals surface area contributed by atoms with Crippen molar-refractivity contribution in [1.82, 2.24) is 9.80 Å². The van der Waals surface area contributed by atoms with E-state index in [4.69, 9.17) is 21.1 Å². The van der Waals surface area contributed by atoms with Crippen molar-refractivity contribution in [3.05, 3.63) is 68.7 Å². The average Bonchev–Trinajstić information content (AvgIpc) is 2.79. The minimum absolute atomic E-state index is 0.0500. The molecule has 0 aliphatic carbocycles. The van der Waals surface area contributed by atoms with Crippen LogP contribution in [0.1, 0.15) is 22.8 Å². The van der Waals surface area contributed by atoms with Gasteiger partial charge in [-0.2, -0.15) is 0 Å². The molecule has 2 aromatic carbocycles. The van der Waals surface area contributed by atoms with Crippen molar-refractivity contribution in [2.45, 2.75) is 13.5 Å². The van der Waals surface area contributed by atoms with Crippen LogP contribution in [0, 0.1) is 10.1 Å². The van der Waals surface area contributed by atoms with Gasteiger partial charge in [-0.05, 0) is 36.8 Å². The molecule has 0 aromatic heterocycles. The highest BCUT2D eigenvalue weighted by molar-refractivity contribution is 6.30. The Morgan fingerprint density at radius 3 is 2.41 bits per heavy atom.